The number of phosphoric ester groups is 1. The van der Waals surface area contributed by atoms with Gasteiger partial charge in [0.1, 0.15) is 12.2 Å². The fraction of sp³-hybridized carbons (Fsp3) is 1.00. The number of aliphatic hydroxyl groups is 3. The molecule has 0 amide bonds. The number of rotatable bonds is 23. The predicted octanol–water partition coefficient (Wildman–Crippen LogP) is 3.94. The molecule has 0 rings (SSSR count). The first-order valence-electron chi connectivity index (χ1n) is 11.6. The number of unbranched alkanes of at least 4 members (excludes halogenated alkanes) is 12. The van der Waals surface area contributed by atoms with E-state index in [1.54, 1.807) is 0 Å². The van der Waals surface area contributed by atoms with Crippen LogP contribution in [0.2, 0.25) is 0 Å². The van der Waals surface area contributed by atoms with Crippen LogP contribution in [0.5, 0.6) is 0 Å². The monoisotopic (exact) mass is 456 g/mol. The molecule has 0 aromatic heterocycles. The lowest BCUT2D eigenvalue weighted by atomic mass is 10.0. The summed E-state index contributed by atoms with van der Waals surface area (Å²) in [5.74, 6) is 0. The van der Waals surface area contributed by atoms with Crippen LogP contribution in [-0.4, -0.2) is 65.5 Å². The maximum Gasteiger partial charge on any atom is 0.472 e. The van der Waals surface area contributed by atoms with E-state index in [0.717, 1.165) is 12.8 Å². The van der Waals surface area contributed by atoms with Crippen molar-refractivity contribution < 1.29 is 38.6 Å². The quantitative estimate of drug-likeness (QED) is 0.135. The smallest absolute Gasteiger partial charge is 0.394 e. The van der Waals surface area contributed by atoms with Crippen LogP contribution >= 0.6 is 7.82 Å². The molecule has 0 saturated heterocycles. The minimum Gasteiger partial charge on any atom is -0.394 e. The lowest BCUT2D eigenvalue weighted by Crippen LogP contribution is -2.23. The maximum absolute atomic E-state index is 11.5. The summed E-state index contributed by atoms with van der Waals surface area (Å²) in [7, 11) is -4.37. The van der Waals surface area contributed by atoms with E-state index in [-0.39, 0.29) is 6.61 Å². The molecule has 0 aliphatic rings. The normalized spacial score (nSPS) is 15.8. The molecule has 0 aliphatic carbocycles. The van der Waals surface area contributed by atoms with Crippen LogP contribution in [0.15, 0.2) is 0 Å². The van der Waals surface area contributed by atoms with Gasteiger partial charge in [-0.25, -0.2) is 4.57 Å². The van der Waals surface area contributed by atoms with Gasteiger partial charge >= 0.3 is 7.82 Å². The van der Waals surface area contributed by atoms with E-state index in [2.05, 4.69) is 16.0 Å². The second kappa shape index (κ2) is 20.8. The Morgan fingerprint density at radius 3 is 1.60 bits per heavy atom. The summed E-state index contributed by atoms with van der Waals surface area (Å²) < 4.78 is 26.0. The molecule has 1 unspecified atom stereocenters. The Morgan fingerprint density at radius 2 is 1.13 bits per heavy atom. The molecular formula is C21H45O8P. The van der Waals surface area contributed by atoms with Crippen molar-refractivity contribution in [2.24, 2.45) is 0 Å². The van der Waals surface area contributed by atoms with Crippen LogP contribution in [0.1, 0.15) is 90.4 Å². The van der Waals surface area contributed by atoms with Crippen LogP contribution in [0.3, 0.4) is 0 Å². The fourth-order valence-corrected chi connectivity index (χ4v) is 3.74. The lowest BCUT2D eigenvalue weighted by molar-refractivity contribution is -0.00437. The van der Waals surface area contributed by atoms with E-state index < -0.39 is 39.9 Å². The average molecular weight is 457 g/mol. The Hall–Kier alpha value is -0.0500. The van der Waals surface area contributed by atoms with Crippen molar-refractivity contribution in [3.63, 3.8) is 0 Å². The van der Waals surface area contributed by atoms with Gasteiger partial charge in [-0.2, -0.15) is 0 Å². The van der Waals surface area contributed by atoms with Gasteiger partial charge in [-0.3, -0.25) is 9.05 Å². The highest BCUT2D eigenvalue weighted by atomic mass is 31.2. The topological polar surface area (TPSA) is 126 Å². The standard InChI is InChI=1S/C21H45O8P/c1-2-3-4-5-6-7-8-9-10-11-12-13-14-15-27-17-21(24)19-29-30(25,26)28-18-20(23)16-22/h20-24H,2-19H2,1H3,(H,25,26)/t20-,21+/m0/s1. The highest BCUT2D eigenvalue weighted by molar-refractivity contribution is 7.47. The fourth-order valence-electron chi connectivity index (χ4n) is 2.94. The number of hydrogen-bond acceptors (Lipinski definition) is 7. The largest absolute Gasteiger partial charge is 0.472 e. The van der Waals surface area contributed by atoms with Crippen molar-refractivity contribution in [1.29, 1.82) is 0 Å². The van der Waals surface area contributed by atoms with Gasteiger partial charge in [0.2, 0.25) is 0 Å². The molecule has 0 aromatic carbocycles. The third kappa shape index (κ3) is 21.2. The third-order valence-electron chi connectivity index (χ3n) is 4.77. The molecule has 3 atom stereocenters. The highest BCUT2D eigenvalue weighted by Gasteiger charge is 2.24. The van der Waals surface area contributed by atoms with Crippen molar-refractivity contribution in [2.75, 3.05) is 33.0 Å². The first-order chi connectivity index (χ1) is 14.4. The zero-order valence-electron chi connectivity index (χ0n) is 18.8. The van der Waals surface area contributed by atoms with Crippen molar-refractivity contribution in [3.8, 4) is 0 Å². The number of aliphatic hydroxyl groups excluding tert-OH is 3. The van der Waals surface area contributed by atoms with Gasteiger partial charge in [-0.05, 0) is 6.42 Å². The second-order valence-corrected chi connectivity index (χ2v) is 9.32. The summed E-state index contributed by atoms with van der Waals surface area (Å²) in [6.45, 7) is 1.26. The van der Waals surface area contributed by atoms with E-state index in [0.29, 0.717) is 6.61 Å². The zero-order chi connectivity index (χ0) is 22.5. The Bertz CT molecular complexity index is 410. The van der Waals surface area contributed by atoms with Crippen LogP contribution in [0, 0.1) is 0 Å². The van der Waals surface area contributed by atoms with Crippen LogP contribution in [0.4, 0.5) is 0 Å². The molecule has 0 fully saturated rings. The Labute approximate surface area is 182 Å². The van der Waals surface area contributed by atoms with E-state index in [9.17, 15) is 14.6 Å². The van der Waals surface area contributed by atoms with Gasteiger partial charge < -0.3 is 24.9 Å². The molecule has 0 aromatic rings. The third-order valence-corrected chi connectivity index (χ3v) is 5.72. The molecule has 0 spiro atoms. The molecule has 0 aliphatic heterocycles. The van der Waals surface area contributed by atoms with Gasteiger partial charge in [-0.15, -0.1) is 0 Å². The molecule has 0 radical (unpaired) electrons. The molecule has 9 heteroatoms. The first-order valence-corrected chi connectivity index (χ1v) is 13.1. The molecule has 8 nitrogen and oxygen atoms in total. The second-order valence-electron chi connectivity index (χ2n) is 7.87. The van der Waals surface area contributed by atoms with Gasteiger partial charge in [-0.1, -0.05) is 84.0 Å². The van der Waals surface area contributed by atoms with Crippen molar-refractivity contribution in [2.45, 2.75) is 103 Å². The molecule has 0 saturated carbocycles. The van der Waals surface area contributed by atoms with Gasteiger partial charge in [0, 0.05) is 6.61 Å². The molecule has 4 N–H and O–H groups in total. The van der Waals surface area contributed by atoms with Gasteiger partial charge in [0.15, 0.2) is 0 Å². The molecule has 182 valence electrons. The Morgan fingerprint density at radius 1 is 0.700 bits per heavy atom. The van der Waals surface area contributed by atoms with Crippen molar-refractivity contribution in [1.82, 2.24) is 0 Å². The summed E-state index contributed by atoms with van der Waals surface area (Å²) in [5.41, 5.74) is 0. The highest BCUT2D eigenvalue weighted by Crippen LogP contribution is 2.43. The van der Waals surface area contributed by atoms with Crippen LogP contribution in [0.25, 0.3) is 0 Å². The summed E-state index contributed by atoms with van der Waals surface area (Å²) in [6, 6.07) is 0. The average Bonchev–Trinajstić information content (AvgIpc) is 2.73. The number of phosphoric acid groups is 1. The molecule has 0 heterocycles. The zero-order valence-corrected chi connectivity index (χ0v) is 19.6. The lowest BCUT2D eigenvalue weighted by Gasteiger charge is -2.16. The van der Waals surface area contributed by atoms with Crippen LogP contribution < -0.4 is 0 Å². The van der Waals surface area contributed by atoms with E-state index in [1.165, 1.54) is 70.6 Å². The molecular weight excluding hydrogens is 411 g/mol. The van der Waals surface area contributed by atoms with Crippen molar-refractivity contribution in [3.05, 3.63) is 0 Å². The number of hydrogen-bond donors (Lipinski definition) is 4. The van der Waals surface area contributed by atoms with E-state index >= 15 is 0 Å². The summed E-state index contributed by atoms with van der Waals surface area (Å²) in [5, 5.41) is 27.4. The summed E-state index contributed by atoms with van der Waals surface area (Å²) in [6.07, 6.45) is 14.3. The minimum atomic E-state index is -4.37. The van der Waals surface area contributed by atoms with Gasteiger partial charge in [0.05, 0.1) is 26.4 Å². The van der Waals surface area contributed by atoms with E-state index in [1.807, 2.05) is 0 Å². The summed E-state index contributed by atoms with van der Waals surface area (Å²) >= 11 is 0. The molecule has 0 bridgehead atoms. The Kier molecular flexibility index (Phi) is 20.8. The maximum atomic E-state index is 11.5. The number of ether oxygens (including phenoxy) is 1. The van der Waals surface area contributed by atoms with Gasteiger partial charge in [0.25, 0.3) is 0 Å². The molecule has 30 heavy (non-hydrogen) atoms. The predicted molar refractivity (Wildman–Crippen MR) is 117 cm³/mol. The van der Waals surface area contributed by atoms with Crippen LogP contribution in [-0.2, 0) is 18.3 Å². The van der Waals surface area contributed by atoms with Crippen molar-refractivity contribution >= 4 is 7.82 Å². The van der Waals surface area contributed by atoms with E-state index in [4.69, 9.17) is 14.9 Å². The SMILES string of the molecule is CCCCCCCCCCCCCCCOC[C@@H](O)COP(=O)(O)OC[C@@H](O)CO. The Balaban J connectivity index is 3.39. The first kappa shape index (κ1) is 29.9. The summed E-state index contributed by atoms with van der Waals surface area (Å²) in [4.78, 5) is 9.38. The minimum absolute atomic E-state index is 0.0114.